The summed E-state index contributed by atoms with van der Waals surface area (Å²) in [6, 6.07) is 9.18. The lowest BCUT2D eigenvalue weighted by Gasteiger charge is -2.31. The summed E-state index contributed by atoms with van der Waals surface area (Å²) < 4.78 is 5.70. The second-order valence-electron chi connectivity index (χ2n) is 4.84. The minimum atomic E-state index is 0.333. The predicted octanol–water partition coefficient (Wildman–Crippen LogP) is 3.95. The Balaban J connectivity index is 1.77. The molecule has 0 amide bonds. The Morgan fingerprint density at radius 1 is 1.23 bits per heavy atom. The molecule has 0 aliphatic carbocycles. The van der Waals surface area contributed by atoms with Crippen molar-refractivity contribution < 1.29 is 4.74 Å². The first-order valence-corrected chi connectivity index (χ1v) is 7.56. The maximum atomic E-state index is 6.16. The molecule has 0 saturated heterocycles. The molecule has 0 atom stereocenters. The van der Waals surface area contributed by atoms with Crippen LogP contribution < -0.4 is 9.64 Å². The van der Waals surface area contributed by atoms with Crippen LogP contribution in [0, 0.1) is 0 Å². The normalized spacial score (nSPS) is 14.1. The molecular formula is C14H8Cl2N4OS. The van der Waals surface area contributed by atoms with Crippen LogP contribution in [0.15, 0.2) is 30.3 Å². The van der Waals surface area contributed by atoms with E-state index in [4.69, 9.17) is 40.2 Å². The summed E-state index contributed by atoms with van der Waals surface area (Å²) in [6.07, 6.45) is 0. The van der Waals surface area contributed by atoms with E-state index >= 15 is 0 Å². The van der Waals surface area contributed by atoms with Gasteiger partial charge in [0.1, 0.15) is 5.52 Å². The van der Waals surface area contributed by atoms with Gasteiger partial charge in [0, 0.05) is 16.3 Å². The number of ether oxygens (including phenoxy) is 1. The van der Waals surface area contributed by atoms with E-state index in [1.54, 1.807) is 6.07 Å². The summed E-state index contributed by atoms with van der Waals surface area (Å²) >= 11 is 17.6. The van der Waals surface area contributed by atoms with Crippen molar-refractivity contribution in [3.8, 4) is 5.75 Å². The van der Waals surface area contributed by atoms with E-state index in [0.717, 1.165) is 22.3 Å². The third-order valence-corrected chi connectivity index (χ3v) is 4.25. The highest BCUT2D eigenvalue weighted by molar-refractivity contribution is 7.80. The van der Waals surface area contributed by atoms with Gasteiger partial charge in [0.2, 0.25) is 0 Å². The fourth-order valence-corrected chi connectivity index (χ4v) is 3.24. The van der Waals surface area contributed by atoms with Crippen LogP contribution in [0.1, 0.15) is 5.56 Å². The molecule has 22 heavy (non-hydrogen) atoms. The largest absolute Gasteiger partial charge is 0.430 e. The van der Waals surface area contributed by atoms with Crippen LogP contribution in [0.2, 0.25) is 10.0 Å². The summed E-state index contributed by atoms with van der Waals surface area (Å²) in [5, 5.41) is 11.9. The highest BCUT2D eigenvalue weighted by Gasteiger charge is 2.26. The molecule has 5 nitrogen and oxygen atoms in total. The molecule has 0 bridgehead atoms. The number of halogens is 2. The lowest BCUT2D eigenvalue weighted by molar-refractivity contribution is 0.518. The van der Waals surface area contributed by atoms with Crippen LogP contribution in [0.5, 0.6) is 5.75 Å². The van der Waals surface area contributed by atoms with Gasteiger partial charge in [-0.15, -0.1) is 5.10 Å². The van der Waals surface area contributed by atoms with Crippen molar-refractivity contribution in [1.29, 1.82) is 0 Å². The van der Waals surface area contributed by atoms with Crippen molar-refractivity contribution in [3.63, 3.8) is 0 Å². The smallest absolute Gasteiger partial charge is 0.269 e. The SMILES string of the molecule is S=C1Oc2c(Cl)cc(Cl)cc2CN1c1ccc2[nH]nnc2c1. The van der Waals surface area contributed by atoms with Gasteiger partial charge in [0.15, 0.2) is 5.75 Å². The number of nitrogens with zero attached hydrogens (tertiary/aromatic N) is 3. The summed E-state index contributed by atoms with van der Waals surface area (Å²) in [4.78, 5) is 1.86. The zero-order chi connectivity index (χ0) is 15.3. The third kappa shape index (κ3) is 2.20. The molecule has 1 aliphatic rings. The number of H-pyrrole nitrogens is 1. The van der Waals surface area contributed by atoms with Crippen molar-refractivity contribution in [3.05, 3.63) is 45.9 Å². The predicted molar refractivity (Wildman–Crippen MR) is 89.8 cm³/mol. The van der Waals surface area contributed by atoms with Crippen LogP contribution in [0.4, 0.5) is 5.69 Å². The third-order valence-electron chi connectivity index (χ3n) is 3.44. The Bertz CT molecular complexity index is 911. The molecular weight excluding hydrogens is 343 g/mol. The van der Waals surface area contributed by atoms with Gasteiger partial charge < -0.3 is 4.74 Å². The number of benzene rings is 2. The van der Waals surface area contributed by atoms with Gasteiger partial charge in [-0.3, -0.25) is 10.00 Å². The number of fused-ring (bicyclic) bond motifs is 2. The summed E-state index contributed by atoms with van der Waals surface area (Å²) in [5.74, 6) is 0.565. The van der Waals surface area contributed by atoms with Gasteiger partial charge in [0.05, 0.1) is 17.1 Å². The second kappa shape index (κ2) is 5.08. The first kappa shape index (κ1) is 13.8. The molecule has 0 unspecified atom stereocenters. The van der Waals surface area contributed by atoms with Gasteiger partial charge >= 0.3 is 0 Å². The van der Waals surface area contributed by atoms with Gasteiger partial charge in [-0.2, -0.15) is 0 Å². The Morgan fingerprint density at radius 2 is 2.09 bits per heavy atom. The van der Waals surface area contributed by atoms with E-state index in [-0.39, 0.29) is 0 Å². The molecule has 0 fully saturated rings. The van der Waals surface area contributed by atoms with Gasteiger partial charge in [-0.05, 0) is 42.5 Å². The molecule has 2 aromatic carbocycles. The number of aromatic amines is 1. The highest BCUT2D eigenvalue weighted by atomic mass is 35.5. The highest BCUT2D eigenvalue weighted by Crippen LogP contribution is 2.37. The van der Waals surface area contributed by atoms with E-state index in [0.29, 0.717) is 27.5 Å². The molecule has 2 heterocycles. The fraction of sp³-hybridized carbons (Fsp3) is 0.0714. The first-order valence-electron chi connectivity index (χ1n) is 6.40. The molecule has 1 N–H and O–H groups in total. The molecule has 4 rings (SSSR count). The molecule has 0 radical (unpaired) electrons. The van der Waals surface area contributed by atoms with Crippen LogP contribution in [0.25, 0.3) is 11.0 Å². The number of anilines is 1. The van der Waals surface area contributed by atoms with Crippen LogP contribution in [-0.2, 0) is 6.54 Å². The number of aromatic nitrogens is 3. The minimum absolute atomic E-state index is 0.333. The lowest BCUT2D eigenvalue weighted by atomic mass is 10.1. The average molecular weight is 351 g/mol. The first-order chi connectivity index (χ1) is 10.6. The van der Waals surface area contributed by atoms with Gasteiger partial charge in [-0.1, -0.05) is 28.4 Å². The maximum absolute atomic E-state index is 6.16. The minimum Gasteiger partial charge on any atom is -0.430 e. The van der Waals surface area contributed by atoms with Crippen molar-refractivity contribution in [1.82, 2.24) is 15.4 Å². The molecule has 110 valence electrons. The van der Waals surface area contributed by atoms with Crippen molar-refractivity contribution in [2.75, 3.05) is 4.90 Å². The van der Waals surface area contributed by atoms with E-state index in [1.165, 1.54) is 0 Å². The molecule has 1 aliphatic heterocycles. The monoisotopic (exact) mass is 350 g/mol. The Labute approximate surface area is 140 Å². The van der Waals surface area contributed by atoms with E-state index < -0.39 is 0 Å². The number of thiocarbonyl (C=S) groups is 1. The Morgan fingerprint density at radius 3 is 2.95 bits per heavy atom. The average Bonchev–Trinajstić information content (AvgIpc) is 2.95. The molecule has 1 aromatic heterocycles. The lowest BCUT2D eigenvalue weighted by Crippen LogP contribution is -2.36. The van der Waals surface area contributed by atoms with Crippen LogP contribution in [-0.4, -0.2) is 20.6 Å². The molecule has 0 spiro atoms. The zero-order valence-corrected chi connectivity index (χ0v) is 13.3. The van der Waals surface area contributed by atoms with E-state index in [9.17, 15) is 0 Å². The number of nitrogens with one attached hydrogen (secondary N) is 1. The summed E-state index contributed by atoms with van der Waals surface area (Å²) in [5.41, 5.74) is 3.37. The number of hydrogen-bond donors (Lipinski definition) is 1. The Hall–Kier alpha value is -1.89. The quantitative estimate of drug-likeness (QED) is 0.673. The topological polar surface area (TPSA) is 54.0 Å². The van der Waals surface area contributed by atoms with Crippen molar-refractivity contribution in [2.45, 2.75) is 6.54 Å². The number of rotatable bonds is 1. The molecule has 3 aromatic rings. The van der Waals surface area contributed by atoms with E-state index in [2.05, 4.69) is 15.4 Å². The van der Waals surface area contributed by atoms with Crippen LogP contribution in [0.3, 0.4) is 0 Å². The van der Waals surface area contributed by atoms with Gasteiger partial charge in [0.25, 0.3) is 5.17 Å². The number of hydrogen-bond acceptors (Lipinski definition) is 4. The standard InChI is InChI=1S/C14H8Cl2N4OS/c15-8-3-7-6-20(14(22)21-13(7)10(16)4-8)9-1-2-11-12(5-9)18-19-17-11/h1-5H,6H2,(H,17,18,19). The zero-order valence-electron chi connectivity index (χ0n) is 11.0. The summed E-state index contributed by atoms with van der Waals surface area (Å²) in [6.45, 7) is 0.526. The van der Waals surface area contributed by atoms with Gasteiger partial charge in [-0.25, -0.2) is 0 Å². The molecule has 0 saturated carbocycles. The molecule has 8 heteroatoms. The Kier molecular flexibility index (Phi) is 3.18. The van der Waals surface area contributed by atoms with Crippen molar-refractivity contribution in [2.24, 2.45) is 0 Å². The maximum Gasteiger partial charge on any atom is 0.269 e. The van der Waals surface area contributed by atoms with Crippen LogP contribution >= 0.6 is 35.4 Å². The van der Waals surface area contributed by atoms with Crippen molar-refractivity contribution >= 4 is 57.3 Å². The summed E-state index contributed by atoms with van der Waals surface area (Å²) in [7, 11) is 0. The fourth-order valence-electron chi connectivity index (χ4n) is 2.42. The van der Waals surface area contributed by atoms with E-state index in [1.807, 2.05) is 29.2 Å². The second-order valence-corrected chi connectivity index (χ2v) is 6.04.